The average molecular weight is 160 g/mol. The van der Waals surface area contributed by atoms with E-state index in [9.17, 15) is 0 Å². The normalized spacial score (nSPS) is 18.8. The molecule has 2 nitrogen and oxygen atoms in total. The number of nitriles is 1. The van der Waals surface area contributed by atoms with Gasteiger partial charge in [0.05, 0.1) is 0 Å². The molecule has 1 aromatic rings. The van der Waals surface area contributed by atoms with E-state index in [0.717, 1.165) is 18.7 Å². The molecule has 0 amide bonds. The van der Waals surface area contributed by atoms with Crippen molar-refractivity contribution < 1.29 is 0 Å². The topological polar surface area (TPSA) is 28.7 Å². The number of hydrogen-bond acceptors (Lipinski definition) is 1. The quantitative estimate of drug-likeness (QED) is 0.570. The summed E-state index contributed by atoms with van der Waals surface area (Å²) in [5.74, 6) is 0. The first kappa shape index (κ1) is 7.42. The Bertz CT molecular complexity index is 352. The third kappa shape index (κ3) is 0.937. The molecule has 0 spiro atoms. The second-order valence-corrected chi connectivity index (χ2v) is 4.25. The molecule has 0 radical (unpaired) electrons. The van der Waals surface area contributed by atoms with E-state index in [1.165, 1.54) is 5.69 Å². The van der Waals surface area contributed by atoms with Gasteiger partial charge in [-0.05, 0) is 24.0 Å². The van der Waals surface area contributed by atoms with Crippen LogP contribution in [-0.2, 0) is 13.0 Å². The molecule has 0 bridgehead atoms. The van der Waals surface area contributed by atoms with Crippen LogP contribution in [0.4, 0.5) is 0 Å². The predicted octanol–water partition coefficient (Wildman–Crippen LogP) is 1.94. The highest BCUT2D eigenvalue weighted by Gasteiger charge is 2.29. The van der Waals surface area contributed by atoms with Crippen molar-refractivity contribution in [1.29, 1.82) is 5.26 Å². The minimum Gasteiger partial charge on any atom is -0.336 e. The highest BCUT2D eigenvalue weighted by molar-refractivity contribution is 5.29. The molecule has 1 aliphatic rings. The van der Waals surface area contributed by atoms with Gasteiger partial charge in [0.1, 0.15) is 11.8 Å². The van der Waals surface area contributed by atoms with Gasteiger partial charge in [-0.2, -0.15) is 5.26 Å². The SMILES string of the molecule is CC1(C)Cc2ccc(C#N)n2C1. The van der Waals surface area contributed by atoms with Gasteiger partial charge in [-0.1, -0.05) is 13.8 Å². The molecule has 0 aromatic carbocycles. The van der Waals surface area contributed by atoms with Crippen LogP contribution in [0.25, 0.3) is 0 Å². The van der Waals surface area contributed by atoms with Gasteiger partial charge in [0, 0.05) is 12.2 Å². The Kier molecular flexibility index (Phi) is 1.32. The number of aromatic nitrogens is 1. The van der Waals surface area contributed by atoms with Crippen LogP contribution in [0.2, 0.25) is 0 Å². The van der Waals surface area contributed by atoms with Gasteiger partial charge < -0.3 is 4.57 Å². The Morgan fingerprint density at radius 3 is 2.92 bits per heavy atom. The van der Waals surface area contributed by atoms with Crippen LogP contribution in [0.3, 0.4) is 0 Å². The molecular weight excluding hydrogens is 148 g/mol. The summed E-state index contributed by atoms with van der Waals surface area (Å²) in [6.07, 6.45) is 1.09. The molecule has 2 rings (SSSR count). The molecule has 62 valence electrons. The van der Waals surface area contributed by atoms with Gasteiger partial charge in [-0.3, -0.25) is 0 Å². The molecular formula is C10H12N2. The number of rotatable bonds is 0. The second-order valence-electron chi connectivity index (χ2n) is 4.25. The molecule has 0 unspecified atom stereocenters. The van der Waals surface area contributed by atoms with Crippen molar-refractivity contribution in [2.75, 3.05) is 0 Å². The maximum atomic E-state index is 8.79. The van der Waals surface area contributed by atoms with Crippen molar-refractivity contribution in [2.24, 2.45) is 5.41 Å². The van der Waals surface area contributed by atoms with E-state index in [1.54, 1.807) is 0 Å². The standard InChI is InChI=1S/C10H12N2/c1-10(2)5-8-3-4-9(6-11)12(8)7-10/h3-4H,5,7H2,1-2H3. The largest absolute Gasteiger partial charge is 0.336 e. The van der Waals surface area contributed by atoms with Crippen molar-refractivity contribution in [3.05, 3.63) is 23.5 Å². The van der Waals surface area contributed by atoms with Crippen LogP contribution >= 0.6 is 0 Å². The summed E-state index contributed by atoms with van der Waals surface area (Å²) in [5, 5.41) is 8.79. The molecule has 0 atom stereocenters. The van der Waals surface area contributed by atoms with Crippen molar-refractivity contribution in [1.82, 2.24) is 4.57 Å². The van der Waals surface area contributed by atoms with E-state index < -0.39 is 0 Å². The van der Waals surface area contributed by atoms with Crippen LogP contribution in [0.5, 0.6) is 0 Å². The van der Waals surface area contributed by atoms with E-state index in [1.807, 2.05) is 6.07 Å². The van der Waals surface area contributed by atoms with Gasteiger partial charge in [0.15, 0.2) is 0 Å². The molecule has 1 aliphatic heterocycles. The van der Waals surface area contributed by atoms with Gasteiger partial charge in [-0.15, -0.1) is 0 Å². The first-order valence-electron chi connectivity index (χ1n) is 4.21. The Morgan fingerprint density at radius 2 is 2.25 bits per heavy atom. The van der Waals surface area contributed by atoms with Crippen molar-refractivity contribution in [2.45, 2.75) is 26.8 Å². The Hall–Kier alpha value is -1.23. The Balaban J connectivity index is 2.45. The molecule has 12 heavy (non-hydrogen) atoms. The molecule has 1 aromatic heterocycles. The summed E-state index contributed by atoms with van der Waals surface area (Å²) in [7, 11) is 0. The maximum absolute atomic E-state index is 8.79. The fraction of sp³-hybridized carbons (Fsp3) is 0.500. The zero-order valence-electron chi connectivity index (χ0n) is 7.46. The zero-order valence-corrected chi connectivity index (χ0v) is 7.46. The molecule has 2 heteroatoms. The van der Waals surface area contributed by atoms with Gasteiger partial charge >= 0.3 is 0 Å². The molecule has 0 fully saturated rings. The van der Waals surface area contributed by atoms with E-state index >= 15 is 0 Å². The van der Waals surface area contributed by atoms with Gasteiger partial charge in [-0.25, -0.2) is 0 Å². The van der Waals surface area contributed by atoms with E-state index in [2.05, 4.69) is 30.6 Å². The molecule has 0 N–H and O–H groups in total. The highest BCUT2D eigenvalue weighted by Crippen LogP contribution is 2.32. The predicted molar refractivity (Wildman–Crippen MR) is 46.6 cm³/mol. The van der Waals surface area contributed by atoms with Crippen molar-refractivity contribution in [3.63, 3.8) is 0 Å². The smallest absolute Gasteiger partial charge is 0.120 e. The third-order valence-electron chi connectivity index (χ3n) is 2.43. The van der Waals surface area contributed by atoms with E-state index in [4.69, 9.17) is 5.26 Å². The van der Waals surface area contributed by atoms with Gasteiger partial charge in [0.2, 0.25) is 0 Å². The van der Waals surface area contributed by atoms with Crippen molar-refractivity contribution >= 4 is 0 Å². The number of hydrogen-bond donors (Lipinski definition) is 0. The monoisotopic (exact) mass is 160 g/mol. The maximum Gasteiger partial charge on any atom is 0.120 e. The Morgan fingerprint density at radius 1 is 1.50 bits per heavy atom. The average Bonchev–Trinajstić information content (AvgIpc) is 2.42. The number of nitrogens with zero attached hydrogens (tertiary/aromatic N) is 2. The van der Waals surface area contributed by atoms with Gasteiger partial charge in [0.25, 0.3) is 0 Å². The van der Waals surface area contributed by atoms with Crippen LogP contribution in [0.1, 0.15) is 25.2 Å². The summed E-state index contributed by atoms with van der Waals surface area (Å²) in [6.45, 7) is 5.46. The Labute approximate surface area is 72.4 Å². The van der Waals surface area contributed by atoms with Crippen LogP contribution in [0.15, 0.2) is 12.1 Å². The molecule has 0 saturated heterocycles. The molecule has 0 aliphatic carbocycles. The molecule has 2 heterocycles. The van der Waals surface area contributed by atoms with E-state index in [0.29, 0.717) is 5.41 Å². The molecule has 0 saturated carbocycles. The van der Waals surface area contributed by atoms with Crippen LogP contribution in [0, 0.1) is 16.7 Å². The number of fused-ring (bicyclic) bond motifs is 1. The minimum absolute atomic E-state index is 0.336. The first-order valence-corrected chi connectivity index (χ1v) is 4.21. The zero-order chi connectivity index (χ0) is 8.77. The highest BCUT2D eigenvalue weighted by atomic mass is 15.0. The summed E-state index contributed by atoms with van der Waals surface area (Å²) < 4.78 is 2.12. The lowest BCUT2D eigenvalue weighted by Gasteiger charge is -2.15. The fourth-order valence-electron chi connectivity index (χ4n) is 1.92. The van der Waals surface area contributed by atoms with Crippen LogP contribution in [-0.4, -0.2) is 4.57 Å². The first-order chi connectivity index (χ1) is 5.62. The second kappa shape index (κ2) is 2.13. The van der Waals surface area contributed by atoms with E-state index in [-0.39, 0.29) is 0 Å². The summed E-state index contributed by atoms with van der Waals surface area (Å²) in [5.41, 5.74) is 2.44. The summed E-state index contributed by atoms with van der Waals surface area (Å²) >= 11 is 0. The lowest BCUT2D eigenvalue weighted by Crippen LogP contribution is -2.12. The van der Waals surface area contributed by atoms with Crippen LogP contribution < -0.4 is 0 Å². The summed E-state index contributed by atoms with van der Waals surface area (Å²) in [4.78, 5) is 0. The fourth-order valence-corrected chi connectivity index (χ4v) is 1.92. The summed E-state index contributed by atoms with van der Waals surface area (Å²) in [6, 6.07) is 6.18. The minimum atomic E-state index is 0.336. The third-order valence-corrected chi connectivity index (χ3v) is 2.43. The van der Waals surface area contributed by atoms with Crippen molar-refractivity contribution in [3.8, 4) is 6.07 Å². The lowest BCUT2D eigenvalue weighted by atomic mass is 9.91. The lowest BCUT2D eigenvalue weighted by molar-refractivity contribution is 0.358.